The Hall–Kier alpha value is -0.300. The summed E-state index contributed by atoms with van der Waals surface area (Å²) in [6.45, 7) is 3.65. The normalized spacial score (nSPS) is 28.9. The van der Waals surface area contributed by atoms with Crippen molar-refractivity contribution in [2.45, 2.75) is 70.8 Å². The molecule has 2 atom stereocenters. The van der Waals surface area contributed by atoms with Gasteiger partial charge in [0.2, 0.25) is 0 Å². The Balaban J connectivity index is 1.68. The minimum absolute atomic E-state index is 0.735. The lowest BCUT2D eigenvalue weighted by atomic mass is 9.91. The first-order chi connectivity index (χ1) is 8.36. The molecule has 0 amide bonds. The fraction of sp³-hybridized carbons (Fsp3) is 0.875. The van der Waals surface area contributed by atoms with E-state index in [1.165, 1.54) is 64.3 Å². The summed E-state index contributed by atoms with van der Waals surface area (Å²) in [6, 6.07) is 0.735. The smallest absolute Gasteiger partial charge is 0.00671 e. The molecule has 17 heavy (non-hydrogen) atoms. The molecule has 98 valence electrons. The Morgan fingerprint density at radius 3 is 2.47 bits per heavy atom. The van der Waals surface area contributed by atoms with Gasteiger partial charge in [-0.15, -0.1) is 0 Å². The van der Waals surface area contributed by atoms with Gasteiger partial charge in [0, 0.05) is 6.04 Å². The lowest BCUT2D eigenvalue weighted by Crippen LogP contribution is -2.36. The van der Waals surface area contributed by atoms with Crippen molar-refractivity contribution in [3.63, 3.8) is 0 Å². The molecule has 0 aliphatic heterocycles. The third kappa shape index (κ3) is 4.46. The van der Waals surface area contributed by atoms with E-state index < -0.39 is 0 Å². The van der Waals surface area contributed by atoms with E-state index in [1.807, 2.05) is 0 Å². The first-order valence-corrected chi connectivity index (χ1v) is 7.74. The van der Waals surface area contributed by atoms with Crippen molar-refractivity contribution in [3.8, 4) is 0 Å². The molecule has 1 saturated carbocycles. The highest BCUT2D eigenvalue weighted by atomic mass is 14.9. The molecular weight excluding hydrogens is 206 g/mol. The highest BCUT2D eigenvalue weighted by Gasteiger charge is 2.19. The first kappa shape index (κ1) is 13.1. The zero-order valence-corrected chi connectivity index (χ0v) is 11.5. The monoisotopic (exact) mass is 235 g/mol. The van der Waals surface area contributed by atoms with Gasteiger partial charge in [0.05, 0.1) is 0 Å². The Bertz CT molecular complexity index is 226. The number of hydrogen-bond donors (Lipinski definition) is 1. The number of hydrogen-bond acceptors (Lipinski definition) is 1. The van der Waals surface area contributed by atoms with Gasteiger partial charge in [-0.3, -0.25) is 0 Å². The van der Waals surface area contributed by atoms with Crippen LogP contribution in [0.2, 0.25) is 0 Å². The van der Waals surface area contributed by atoms with Crippen molar-refractivity contribution in [1.29, 1.82) is 0 Å². The third-order valence-corrected chi connectivity index (χ3v) is 4.71. The summed E-state index contributed by atoms with van der Waals surface area (Å²) in [7, 11) is 0. The molecule has 2 aliphatic carbocycles. The second-order valence-electron chi connectivity index (χ2n) is 6.10. The zero-order valence-electron chi connectivity index (χ0n) is 11.5. The van der Waals surface area contributed by atoms with E-state index in [2.05, 4.69) is 24.4 Å². The fourth-order valence-corrected chi connectivity index (χ4v) is 3.37. The van der Waals surface area contributed by atoms with Crippen LogP contribution >= 0.6 is 0 Å². The summed E-state index contributed by atoms with van der Waals surface area (Å²) in [5, 5.41) is 3.82. The molecule has 1 heteroatoms. The molecule has 0 saturated heterocycles. The van der Waals surface area contributed by atoms with Gasteiger partial charge in [-0.1, -0.05) is 37.8 Å². The van der Waals surface area contributed by atoms with Crippen molar-refractivity contribution in [2.75, 3.05) is 6.54 Å². The molecule has 0 radical (unpaired) electrons. The molecule has 0 aromatic rings. The van der Waals surface area contributed by atoms with Gasteiger partial charge in [-0.2, -0.15) is 0 Å². The van der Waals surface area contributed by atoms with E-state index in [0.29, 0.717) is 0 Å². The minimum atomic E-state index is 0.735. The van der Waals surface area contributed by atoms with Crippen LogP contribution < -0.4 is 5.32 Å². The van der Waals surface area contributed by atoms with Gasteiger partial charge in [0.25, 0.3) is 0 Å². The van der Waals surface area contributed by atoms with Crippen LogP contribution in [0.3, 0.4) is 0 Å². The van der Waals surface area contributed by atoms with Gasteiger partial charge in [0.15, 0.2) is 0 Å². The molecule has 0 aromatic carbocycles. The molecular formula is C16H29N. The third-order valence-electron chi connectivity index (χ3n) is 4.71. The summed E-state index contributed by atoms with van der Waals surface area (Å²) in [5.41, 5.74) is 0. The van der Waals surface area contributed by atoms with E-state index >= 15 is 0 Å². The van der Waals surface area contributed by atoms with Crippen molar-refractivity contribution < 1.29 is 0 Å². The summed E-state index contributed by atoms with van der Waals surface area (Å²) in [6.07, 6.45) is 17.5. The van der Waals surface area contributed by atoms with Crippen LogP contribution in [0.15, 0.2) is 12.2 Å². The maximum Gasteiger partial charge on any atom is 0.00671 e. The first-order valence-electron chi connectivity index (χ1n) is 7.74. The zero-order chi connectivity index (χ0) is 11.9. The van der Waals surface area contributed by atoms with Crippen LogP contribution in [0.4, 0.5) is 0 Å². The summed E-state index contributed by atoms with van der Waals surface area (Å²) < 4.78 is 0. The van der Waals surface area contributed by atoms with E-state index in [4.69, 9.17) is 0 Å². The Morgan fingerprint density at radius 1 is 1.06 bits per heavy atom. The van der Waals surface area contributed by atoms with Crippen LogP contribution in [-0.2, 0) is 0 Å². The van der Waals surface area contributed by atoms with Gasteiger partial charge < -0.3 is 5.32 Å². The average molecular weight is 235 g/mol. The molecule has 1 fully saturated rings. The second kappa shape index (κ2) is 7.20. The summed E-state index contributed by atoms with van der Waals surface area (Å²) >= 11 is 0. The van der Waals surface area contributed by atoms with E-state index in [-0.39, 0.29) is 0 Å². The predicted octanol–water partition coefficient (Wildman–Crippen LogP) is 4.29. The second-order valence-corrected chi connectivity index (χ2v) is 6.10. The van der Waals surface area contributed by atoms with Crippen LogP contribution in [-0.4, -0.2) is 12.6 Å². The molecule has 2 aliphatic rings. The van der Waals surface area contributed by atoms with Gasteiger partial charge in [-0.25, -0.2) is 0 Å². The largest absolute Gasteiger partial charge is 0.314 e. The lowest BCUT2D eigenvalue weighted by Gasteiger charge is -2.26. The molecule has 0 aromatic heterocycles. The van der Waals surface area contributed by atoms with Crippen LogP contribution in [0.1, 0.15) is 64.7 Å². The van der Waals surface area contributed by atoms with Crippen molar-refractivity contribution in [1.82, 2.24) is 5.32 Å². The Labute approximate surface area is 107 Å². The Kier molecular flexibility index (Phi) is 5.57. The summed E-state index contributed by atoms with van der Waals surface area (Å²) in [5.74, 6) is 1.84. The molecule has 1 nitrogen and oxygen atoms in total. The van der Waals surface area contributed by atoms with E-state index in [0.717, 1.165) is 17.9 Å². The SMILES string of the molecule is C[C@H](NCC1CC=CCC1)C1CCCCCC1. The van der Waals surface area contributed by atoms with Gasteiger partial charge in [-0.05, 0) is 57.4 Å². The quantitative estimate of drug-likeness (QED) is 0.566. The predicted molar refractivity (Wildman–Crippen MR) is 75.1 cm³/mol. The van der Waals surface area contributed by atoms with Gasteiger partial charge in [0.1, 0.15) is 0 Å². The standard InChI is InChI=1S/C16H29N/c1-14(16-11-7-2-3-8-12-16)17-13-15-9-5-4-6-10-15/h4-5,14-17H,2-3,6-13H2,1H3/t14-,15?/m0/s1. The number of rotatable bonds is 4. The Morgan fingerprint density at radius 2 is 1.82 bits per heavy atom. The van der Waals surface area contributed by atoms with E-state index in [9.17, 15) is 0 Å². The minimum Gasteiger partial charge on any atom is -0.314 e. The van der Waals surface area contributed by atoms with Crippen molar-refractivity contribution in [2.24, 2.45) is 11.8 Å². The fourth-order valence-electron chi connectivity index (χ4n) is 3.37. The maximum absolute atomic E-state index is 3.82. The van der Waals surface area contributed by atoms with Crippen LogP contribution in [0.25, 0.3) is 0 Å². The van der Waals surface area contributed by atoms with Crippen LogP contribution in [0.5, 0.6) is 0 Å². The molecule has 0 heterocycles. The van der Waals surface area contributed by atoms with Gasteiger partial charge >= 0.3 is 0 Å². The van der Waals surface area contributed by atoms with Crippen molar-refractivity contribution in [3.05, 3.63) is 12.2 Å². The topological polar surface area (TPSA) is 12.0 Å². The maximum atomic E-state index is 3.82. The molecule has 1 unspecified atom stereocenters. The number of allylic oxidation sites excluding steroid dienone is 2. The van der Waals surface area contributed by atoms with E-state index in [1.54, 1.807) is 0 Å². The molecule has 0 bridgehead atoms. The lowest BCUT2D eigenvalue weighted by molar-refractivity contribution is 0.312. The highest BCUT2D eigenvalue weighted by molar-refractivity contribution is 4.91. The molecule has 0 spiro atoms. The highest BCUT2D eigenvalue weighted by Crippen LogP contribution is 2.26. The molecule has 2 rings (SSSR count). The summed E-state index contributed by atoms with van der Waals surface area (Å²) in [4.78, 5) is 0. The average Bonchev–Trinajstić information content (AvgIpc) is 2.66. The molecule has 1 N–H and O–H groups in total. The van der Waals surface area contributed by atoms with Crippen LogP contribution in [0, 0.1) is 11.8 Å². The van der Waals surface area contributed by atoms with Crippen molar-refractivity contribution >= 4 is 0 Å². The number of nitrogens with one attached hydrogen (secondary N) is 1.